The molecule has 1 aliphatic carbocycles. The number of aliphatic hydroxyl groups excluding tert-OH is 1. The average molecular weight is 249 g/mol. The molecule has 2 rings (SSSR count). The molecule has 92 valence electrons. The minimum absolute atomic E-state index is 0.544. The predicted molar refractivity (Wildman–Crippen MR) is 69.7 cm³/mol. The standard InChI is InChI=1S/C14H19NOS/c1-3-11-6-7-14(8-11,9-15)13(16)12-5-4-10(2)17-12/h4-5,11,13,16H,3,6-8H2,1-2H3. The predicted octanol–water partition coefficient (Wildman–Crippen LogP) is 3.81. The first-order valence-electron chi connectivity index (χ1n) is 6.27. The van der Waals surface area contributed by atoms with Crippen LogP contribution in [0.15, 0.2) is 12.1 Å². The number of nitriles is 1. The highest BCUT2D eigenvalue weighted by Gasteiger charge is 2.45. The van der Waals surface area contributed by atoms with E-state index in [1.807, 2.05) is 19.1 Å². The molecule has 17 heavy (non-hydrogen) atoms. The van der Waals surface area contributed by atoms with Gasteiger partial charge in [-0.3, -0.25) is 0 Å². The molecule has 0 aromatic carbocycles. The van der Waals surface area contributed by atoms with Crippen molar-refractivity contribution in [2.75, 3.05) is 0 Å². The summed E-state index contributed by atoms with van der Waals surface area (Å²) in [7, 11) is 0. The minimum Gasteiger partial charge on any atom is -0.386 e. The molecule has 3 atom stereocenters. The quantitative estimate of drug-likeness (QED) is 0.885. The number of rotatable bonds is 3. The lowest BCUT2D eigenvalue weighted by Gasteiger charge is -2.26. The molecule has 1 aromatic rings. The highest BCUT2D eigenvalue weighted by Crippen LogP contribution is 2.51. The van der Waals surface area contributed by atoms with Crippen molar-refractivity contribution in [1.82, 2.24) is 0 Å². The van der Waals surface area contributed by atoms with Crippen molar-refractivity contribution >= 4 is 11.3 Å². The van der Waals surface area contributed by atoms with Gasteiger partial charge in [-0.15, -0.1) is 11.3 Å². The van der Waals surface area contributed by atoms with E-state index >= 15 is 0 Å². The van der Waals surface area contributed by atoms with Crippen molar-refractivity contribution in [2.45, 2.75) is 45.6 Å². The van der Waals surface area contributed by atoms with Crippen LogP contribution in [-0.4, -0.2) is 5.11 Å². The van der Waals surface area contributed by atoms with Gasteiger partial charge in [0, 0.05) is 9.75 Å². The zero-order valence-electron chi connectivity index (χ0n) is 10.4. The molecule has 1 aromatic heterocycles. The van der Waals surface area contributed by atoms with Crippen molar-refractivity contribution < 1.29 is 5.11 Å². The topological polar surface area (TPSA) is 44.0 Å². The Hall–Kier alpha value is -0.850. The Morgan fingerprint density at radius 3 is 2.88 bits per heavy atom. The van der Waals surface area contributed by atoms with Crippen LogP contribution in [0.1, 0.15) is 48.5 Å². The van der Waals surface area contributed by atoms with Gasteiger partial charge in [-0.05, 0) is 44.2 Å². The van der Waals surface area contributed by atoms with E-state index < -0.39 is 11.5 Å². The Kier molecular flexibility index (Phi) is 3.56. The zero-order chi connectivity index (χ0) is 12.5. The van der Waals surface area contributed by atoms with Crippen LogP contribution in [-0.2, 0) is 0 Å². The Bertz CT molecular complexity index is 434. The monoisotopic (exact) mass is 249 g/mol. The third-order valence-corrected chi connectivity index (χ3v) is 5.06. The molecule has 1 N–H and O–H groups in total. The van der Waals surface area contributed by atoms with E-state index in [4.69, 9.17) is 0 Å². The van der Waals surface area contributed by atoms with Gasteiger partial charge in [0.15, 0.2) is 0 Å². The van der Waals surface area contributed by atoms with Gasteiger partial charge >= 0.3 is 0 Å². The van der Waals surface area contributed by atoms with E-state index in [1.165, 1.54) is 4.88 Å². The molecule has 1 heterocycles. The molecule has 0 bridgehead atoms. The van der Waals surface area contributed by atoms with Crippen LogP contribution in [0.3, 0.4) is 0 Å². The molecule has 2 nitrogen and oxygen atoms in total. The summed E-state index contributed by atoms with van der Waals surface area (Å²) in [6, 6.07) is 6.38. The number of hydrogen-bond acceptors (Lipinski definition) is 3. The zero-order valence-corrected chi connectivity index (χ0v) is 11.3. The van der Waals surface area contributed by atoms with Crippen LogP contribution in [0.5, 0.6) is 0 Å². The van der Waals surface area contributed by atoms with E-state index in [-0.39, 0.29) is 0 Å². The van der Waals surface area contributed by atoms with Crippen LogP contribution in [0, 0.1) is 29.6 Å². The van der Waals surface area contributed by atoms with E-state index in [0.29, 0.717) is 5.92 Å². The summed E-state index contributed by atoms with van der Waals surface area (Å²) in [5.41, 5.74) is -0.544. The molecule has 0 radical (unpaired) electrons. The second-order valence-corrected chi connectivity index (χ2v) is 6.46. The molecule has 1 fully saturated rings. The smallest absolute Gasteiger partial charge is 0.107 e. The third kappa shape index (κ3) is 2.25. The number of aryl methyl sites for hydroxylation is 1. The molecular weight excluding hydrogens is 230 g/mol. The summed E-state index contributed by atoms with van der Waals surface area (Å²) < 4.78 is 0. The Balaban J connectivity index is 2.22. The molecule has 3 unspecified atom stereocenters. The van der Waals surface area contributed by atoms with Crippen molar-refractivity contribution in [2.24, 2.45) is 11.3 Å². The third-order valence-electron chi connectivity index (χ3n) is 4.01. The first-order valence-corrected chi connectivity index (χ1v) is 7.08. The van der Waals surface area contributed by atoms with Gasteiger partial charge in [0.2, 0.25) is 0 Å². The van der Waals surface area contributed by atoms with E-state index in [2.05, 4.69) is 13.0 Å². The SMILES string of the molecule is CCC1CCC(C#N)(C(O)c2ccc(C)s2)C1. The summed E-state index contributed by atoms with van der Waals surface area (Å²) >= 11 is 1.60. The molecule has 0 aliphatic heterocycles. The molecule has 0 saturated heterocycles. The first-order chi connectivity index (χ1) is 8.11. The van der Waals surface area contributed by atoms with Gasteiger partial charge in [0.05, 0.1) is 11.5 Å². The summed E-state index contributed by atoms with van der Waals surface area (Å²) in [6.45, 7) is 4.20. The van der Waals surface area contributed by atoms with E-state index in [0.717, 1.165) is 30.6 Å². The van der Waals surface area contributed by atoms with E-state index in [1.54, 1.807) is 11.3 Å². The van der Waals surface area contributed by atoms with Crippen LogP contribution < -0.4 is 0 Å². The van der Waals surface area contributed by atoms with Crippen molar-refractivity contribution in [3.05, 3.63) is 21.9 Å². The van der Waals surface area contributed by atoms with Gasteiger partial charge < -0.3 is 5.11 Å². The maximum Gasteiger partial charge on any atom is 0.107 e. The number of nitrogens with zero attached hydrogens (tertiary/aromatic N) is 1. The average Bonchev–Trinajstić information content (AvgIpc) is 2.95. The minimum atomic E-state index is -0.609. The first kappa shape index (κ1) is 12.6. The Morgan fingerprint density at radius 2 is 2.41 bits per heavy atom. The lowest BCUT2D eigenvalue weighted by atomic mass is 9.80. The normalized spacial score (nSPS) is 30.1. The van der Waals surface area contributed by atoms with Gasteiger partial charge in [0.25, 0.3) is 0 Å². The van der Waals surface area contributed by atoms with E-state index in [9.17, 15) is 10.4 Å². The highest BCUT2D eigenvalue weighted by atomic mass is 32.1. The summed E-state index contributed by atoms with van der Waals surface area (Å²) in [6.07, 6.45) is 3.26. The molecule has 1 aliphatic rings. The number of aliphatic hydroxyl groups is 1. The van der Waals surface area contributed by atoms with Crippen LogP contribution in [0.25, 0.3) is 0 Å². The van der Waals surface area contributed by atoms with Gasteiger partial charge in [0.1, 0.15) is 6.10 Å². The molecule has 0 amide bonds. The second-order valence-electron chi connectivity index (χ2n) is 5.14. The number of thiophene rings is 1. The fourth-order valence-electron chi connectivity index (χ4n) is 2.81. The Morgan fingerprint density at radius 1 is 1.65 bits per heavy atom. The summed E-state index contributed by atoms with van der Waals surface area (Å²) in [5.74, 6) is 0.602. The second kappa shape index (κ2) is 4.80. The molecule has 0 spiro atoms. The lowest BCUT2D eigenvalue weighted by molar-refractivity contribution is 0.0672. The molecule has 1 saturated carbocycles. The highest BCUT2D eigenvalue weighted by molar-refractivity contribution is 7.12. The van der Waals surface area contributed by atoms with Gasteiger partial charge in [-0.1, -0.05) is 13.3 Å². The van der Waals surface area contributed by atoms with Gasteiger partial charge in [-0.25, -0.2) is 0 Å². The molecule has 3 heteroatoms. The van der Waals surface area contributed by atoms with Crippen molar-refractivity contribution in [3.63, 3.8) is 0 Å². The fourth-order valence-corrected chi connectivity index (χ4v) is 3.79. The Labute approximate surface area is 107 Å². The van der Waals surface area contributed by atoms with Crippen LogP contribution in [0.4, 0.5) is 0 Å². The maximum atomic E-state index is 10.5. The van der Waals surface area contributed by atoms with Crippen LogP contribution in [0.2, 0.25) is 0 Å². The van der Waals surface area contributed by atoms with Crippen LogP contribution >= 0.6 is 11.3 Å². The van der Waals surface area contributed by atoms with Gasteiger partial charge in [-0.2, -0.15) is 5.26 Å². The molecular formula is C14H19NOS. The lowest BCUT2D eigenvalue weighted by Crippen LogP contribution is -2.24. The summed E-state index contributed by atoms with van der Waals surface area (Å²) in [5, 5.41) is 19.9. The maximum absolute atomic E-state index is 10.5. The number of hydrogen-bond donors (Lipinski definition) is 1. The van der Waals surface area contributed by atoms with Crippen molar-refractivity contribution in [1.29, 1.82) is 5.26 Å². The fraction of sp³-hybridized carbons (Fsp3) is 0.643. The summed E-state index contributed by atoms with van der Waals surface area (Å²) in [4.78, 5) is 2.14. The largest absolute Gasteiger partial charge is 0.386 e. The van der Waals surface area contributed by atoms with Crippen molar-refractivity contribution in [3.8, 4) is 6.07 Å².